The normalized spacial score (nSPS) is 22.1. The van der Waals surface area contributed by atoms with E-state index in [1.807, 2.05) is 13.0 Å². The first-order chi connectivity index (χ1) is 5.74. The number of hydrogen-bond acceptors (Lipinski definition) is 2. The van der Waals surface area contributed by atoms with Crippen LogP contribution >= 0.6 is 0 Å². The average Bonchev–Trinajstić information content (AvgIpc) is 2.05. The molecule has 0 bridgehead atoms. The zero-order chi connectivity index (χ0) is 8.97. The number of aliphatic carboxylic acids is 1. The minimum atomic E-state index is -0.857. The van der Waals surface area contributed by atoms with E-state index in [9.17, 15) is 4.79 Å². The number of allylic oxidation sites excluding steroid dienone is 2. The second-order valence-corrected chi connectivity index (χ2v) is 2.58. The molecule has 0 aromatic rings. The van der Waals surface area contributed by atoms with Crippen molar-refractivity contribution in [3.05, 3.63) is 23.8 Å². The summed E-state index contributed by atoms with van der Waals surface area (Å²) in [6.07, 6.45) is 5.62. The highest BCUT2D eigenvalue weighted by Gasteiger charge is 2.15. The molecule has 0 heterocycles. The first-order valence-electron chi connectivity index (χ1n) is 3.96. The molecule has 0 fully saturated rings. The second kappa shape index (κ2) is 4.07. The fourth-order valence-electron chi connectivity index (χ4n) is 1.14. The summed E-state index contributed by atoms with van der Waals surface area (Å²) in [7, 11) is 0. The van der Waals surface area contributed by atoms with Crippen LogP contribution in [-0.2, 0) is 9.53 Å². The Labute approximate surface area is 71.3 Å². The maximum Gasteiger partial charge on any atom is 0.331 e. The van der Waals surface area contributed by atoms with E-state index in [-0.39, 0.29) is 6.10 Å². The van der Waals surface area contributed by atoms with Crippen LogP contribution in [0.4, 0.5) is 0 Å². The summed E-state index contributed by atoms with van der Waals surface area (Å²) in [6.45, 7) is 2.51. The predicted octanol–water partition coefficient (Wildman–Crippen LogP) is 1.36. The van der Waals surface area contributed by atoms with Gasteiger partial charge in [0.05, 0.1) is 6.10 Å². The maximum atomic E-state index is 10.5. The molecule has 1 aliphatic rings. The van der Waals surface area contributed by atoms with Crippen LogP contribution in [0, 0.1) is 0 Å². The Morgan fingerprint density at radius 2 is 2.58 bits per heavy atom. The van der Waals surface area contributed by atoms with Gasteiger partial charge in [-0.2, -0.15) is 0 Å². The van der Waals surface area contributed by atoms with E-state index in [1.54, 1.807) is 12.2 Å². The summed E-state index contributed by atoms with van der Waals surface area (Å²) < 4.78 is 5.27. The van der Waals surface area contributed by atoms with E-state index in [1.165, 1.54) is 0 Å². The Bertz CT molecular complexity index is 228. The third kappa shape index (κ3) is 2.20. The van der Waals surface area contributed by atoms with Crippen molar-refractivity contribution in [1.29, 1.82) is 0 Å². The van der Waals surface area contributed by atoms with Gasteiger partial charge in [-0.25, -0.2) is 4.79 Å². The number of carboxylic acid groups (broad SMARTS) is 1. The molecule has 0 saturated heterocycles. The molecule has 1 rings (SSSR count). The molecule has 1 N–H and O–H groups in total. The van der Waals surface area contributed by atoms with Crippen molar-refractivity contribution in [3.63, 3.8) is 0 Å². The van der Waals surface area contributed by atoms with E-state index >= 15 is 0 Å². The third-order valence-corrected chi connectivity index (χ3v) is 1.70. The fraction of sp³-hybridized carbons (Fsp3) is 0.444. The molecule has 12 heavy (non-hydrogen) atoms. The van der Waals surface area contributed by atoms with Crippen LogP contribution in [0.5, 0.6) is 0 Å². The predicted molar refractivity (Wildman–Crippen MR) is 44.9 cm³/mol. The molecule has 0 aromatic carbocycles. The van der Waals surface area contributed by atoms with Gasteiger partial charge in [-0.05, 0) is 6.92 Å². The molecule has 0 spiro atoms. The van der Waals surface area contributed by atoms with Gasteiger partial charge in [-0.1, -0.05) is 18.2 Å². The number of hydrogen-bond donors (Lipinski definition) is 1. The number of carboxylic acids is 1. The minimum Gasteiger partial charge on any atom is -0.478 e. The highest BCUT2D eigenvalue weighted by molar-refractivity contribution is 5.87. The molecular formula is C9H12O3. The SMILES string of the molecule is CCOC1C=CC=C(C(=O)O)C1. The monoisotopic (exact) mass is 168 g/mol. The fourth-order valence-corrected chi connectivity index (χ4v) is 1.14. The highest BCUT2D eigenvalue weighted by atomic mass is 16.5. The van der Waals surface area contributed by atoms with Crippen LogP contribution < -0.4 is 0 Å². The zero-order valence-electron chi connectivity index (χ0n) is 6.99. The molecule has 0 radical (unpaired) electrons. The van der Waals surface area contributed by atoms with E-state index in [4.69, 9.17) is 9.84 Å². The lowest BCUT2D eigenvalue weighted by Gasteiger charge is -2.15. The number of carbonyl (C=O) groups is 1. The first-order valence-corrected chi connectivity index (χ1v) is 3.96. The average molecular weight is 168 g/mol. The second-order valence-electron chi connectivity index (χ2n) is 2.58. The van der Waals surface area contributed by atoms with E-state index in [0.29, 0.717) is 18.6 Å². The topological polar surface area (TPSA) is 46.5 Å². The summed E-state index contributed by atoms with van der Waals surface area (Å²) >= 11 is 0. The standard InChI is InChI=1S/C9H12O3/c1-2-12-8-5-3-4-7(6-8)9(10)11/h3-5,8H,2,6H2,1H3,(H,10,11). The lowest BCUT2D eigenvalue weighted by Crippen LogP contribution is -2.16. The molecule has 3 heteroatoms. The van der Waals surface area contributed by atoms with Crippen molar-refractivity contribution in [2.75, 3.05) is 6.61 Å². The third-order valence-electron chi connectivity index (χ3n) is 1.70. The number of ether oxygens (including phenoxy) is 1. The summed E-state index contributed by atoms with van der Waals surface area (Å²) in [5, 5.41) is 8.67. The molecule has 1 unspecified atom stereocenters. The van der Waals surface area contributed by atoms with E-state index in [2.05, 4.69) is 0 Å². The van der Waals surface area contributed by atoms with Gasteiger partial charge >= 0.3 is 5.97 Å². The van der Waals surface area contributed by atoms with Crippen molar-refractivity contribution in [3.8, 4) is 0 Å². The Balaban J connectivity index is 2.55. The molecule has 0 saturated carbocycles. The zero-order valence-corrected chi connectivity index (χ0v) is 6.99. The summed E-state index contributed by atoms with van der Waals surface area (Å²) in [4.78, 5) is 10.5. The van der Waals surface area contributed by atoms with Crippen LogP contribution in [0.3, 0.4) is 0 Å². The molecule has 3 nitrogen and oxygen atoms in total. The Kier molecular flexibility index (Phi) is 3.05. The molecule has 1 atom stereocenters. The van der Waals surface area contributed by atoms with Crippen LogP contribution in [0.1, 0.15) is 13.3 Å². The van der Waals surface area contributed by atoms with Gasteiger partial charge in [-0.3, -0.25) is 0 Å². The Morgan fingerprint density at radius 1 is 1.83 bits per heavy atom. The van der Waals surface area contributed by atoms with E-state index in [0.717, 1.165) is 0 Å². The van der Waals surface area contributed by atoms with Gasteiger partial charge in [0.15, 0.2) is 0 Å². The van der Waals surface area contributed by atoms with Crippen LogP contribution in [-0.4, -0.2) is 23.8 Å². The van der Waals surface area contributed by atoms with Gasteiger partial charge in [0.25, 0.3) is 0 Å². The summed E-state index contributed by atoms with van der Waals surface area (Å²) in [5.41, 5.74) is 0.413. The lowest BCUT2D eigenvalue weighted by atomic mass is 10.0. The van der Waals surface area contributed by atoms with E-state index < -0.39 is 5.97 Å². The van der Waals surface area contributed by atoms with Gasteiger partial charge in [-0.15, -0.1) is 0 Å². The summed E-state index contributed by atoms with van der Waals surface area (Å²) in [5.74, 6) is -0.857. The van der Waals surface area contributed by atoms with Crippen LogP contribution in [0.25, 0.3) is 0 Å². The molecular weight excluding hydrogens is 156 g/mol. The summed E-state index contributed by atoms with van der Waals surface area (Å²) in [6, 6.07) is 0. The quantitative estimate of drug-likeness (QED) is 0.692. The molecule has 0 amide bonds. The minimum absolute atomic E-state index is 0.0638. The van der Waals surface area contributed by atoms with Crippen molar-refractivity contribution >= 4 is 5.97 Å². The van der Waals surface area contributed by atoms with Crippen LogP contribution in [0.2, 0.25) is 0 Å². The Hall–Kier alpha value is -1.09. The molecule has 0 aromatic heterocycles. The maximum absolute atomic E-state index is 10.5. The van der Waals surface area contributed by atoms with Gasteiger partial charge in [0.1, 0.15) is 0 Å². The Morgan fingerprint density at radius 3 is 3.17 bits per heavy atom. The van der Waals surface area contributed by atoms with Gasteiger partial charge in [0.2, 0.25) is 0 Å². The van der Waals surface area contributed by atoms with Crippen molar-refractivity contribution in [2.45, 2.75) is 19.4 Å². The van der Waals surface area contributed by atoms with Gasteiger partial charge < -0.3 is 9.84 Å². The smallest absolute Gasteiger partial charge is 0.331 e. The lowest BCUT2D eigenvalue weighted by molar-refractivity contribution is -0.133. The van der Waals surface area contributed by atoms with Gasteiger partial charge in [0, 0.05) is 18.6 Å². The number of rotatable bonds is 3. The van der Waals surface area contributed by atoms with Crippen molar-refractivity contribution in [1.82, 2.24) is 0 Å². The first kappa shape index (κ1) is 9.00. The molecule has 66 valence electrons. The van der Waals surface area contributed by atoms with Crippen molar-refractivity contribution < 1.29 is 14.6 Å². The molecule has 0 aliphatic heterocycles. The molecule has 1 aliphatic carbocycles. The largest absolute Gasteiger partial charge is 0.478 e. The highest BCUT2D eigenvalue weighted by Crippen LogP contribution is 2.15. The van der Waals surface area contributed by atoms with Crippen LogP contribution in [0.15, 0.2) is 23.8 Å². The van der Waals surface area contributed by atoms with Crippen molar-refractivity contribution in [2.24, 2.45) is 0 Å².